The van der Waals surface area contributed by atoms with E-state index in [0.717, 1.165) is 73.4 Å². The van der Waals surface area contributed by atoms with E-state index in [1.165, 1.54) is 22.3 Å². The van der Waals surface area contributed by atoms with Crippen molar-refractivity contribution < 1.29 is 5.11 Å². The summed E-state index contributed by atoms with van der Waals surface area (Å²) in [6.07, 6.45) is 9.88. The van der Waals surface area contributed by atoms with Gasteiger partial charge < -0.3 is 14.9 Å². The molecule has 1 aliphatic carbocycles. The van der Waals surface area contributed by atoms with Crippen molar-refractivity contribution in [3.8, 4) is 0 Å². The van der Waals surface area contributed by atoms with Gasteiger partial charge in [-0.25, -0.2) is 19.9 Å². The number of piperidine rings is 1. The van der Waals surface area contributed by atoms with Crippen molar-refractivity contribution in [1.29, 1.82) is 0 Å². The summed E-state index contributed by atoms with van der Waals surface area (Å²) in [5.74, 6) is 1.89. The number of pyridine rings is 1. The molecule has 0 saturated carbocycles. The van der Waals surface area contributed by atoms with E-state index in [1.54, 1.807) is 17.5 Å². The lowest BCUT2D eigenvalue weighted by Crippen LogP contribution is -2.56. The Morgan fingerprint density at radius 1 is 1.08 bits per heavy atom. The molecule has 3 aromatic rings. The summed E-state index contributed by atoms with van der Waals surface area (Å²) in [5, 5.41) is 11.6. The van der Waals surface area contributed by atoms with Crippen LogP contribution in [0.5, 0.6) is 0 Å². The highest BCUT2D eigenvalue weighted by Crippen LogP contribution is 2.47. The second kappa shape index (κ2) is 9.27. The van der Waals surface area contributed by atoms with Crippen molar-refractivity contribution in [3.63, 3.8) is 0 Å². The second-order valence-corrected chi connectivity index (χ2v) is 13.8. The topological polar surface area (TPSA) is 78.3 Å². The van der Waals surface area contributed by atoms with Crippen LogP contribution < -0.4 is 9.80 Å². The molecular weight excluding hydrogens is 535 g/mol. The first-order valence-electron chi connectivity index (χ1n) is 12.2. The molecule has 2 fully saturated rings. The zero-order chi connectivity index (χ0) is 25.1. The summed E-state index contributed by atoms with van der Waals surface area (Å²) in [4.78, 5) is 25.1. The largest absolute Gasteiger partial charge is 0.390 e. The fraction of sp³-hybridized carbons (Fsp3) is 0.520. The average Bonchev–Trinajstić information content (AvgIpc) is 3.29. The van der Waals surface area contributed by atoms with E-state index in [2.05, 4.69) is 24.8 Å². The Labute approximate surface area is 229 Å². The van der Waals surface area contributed by atoms with Gasteiger partial charge in [-0.05, 0) is 51.0 Å². The van der Waals surface area contributed by atoms with Crippen molar-refractivity contribution in [3.05, 3.63) is 44.7 Å². The molecule has 1 spiro atoms. The number of aliphatic hydroxyl groups is 1. The van der Waals surface area contributed by atoms with E-state index in [4.69, 9.17) is 28.2 Å². The lowest BCUT2D eigenvalue weighted by atomic mass is 9.76. The minimum atomic E-state index is -0.697. The van der Waals surface area contributed by atoms with E-state index < -0.39 is 5.60 Å². The Balaban J connectivity index is 1.07. The number of halogens is 2. The van der Waals surface area contributed by atoms with E-state index in [9.17, 15) is 5.11 Å². The first-order valence-corrected chi connectivity index (χ1v) is 14.6. The number of rotatable bonds is 5. The number of thiazole rings is 1. The third kappa shape index (κ3) is 4.69. The van der Waals surface area contributed by atoms with Crippen LogP contribution in [-0.2, 0) is 12.8 Å². The minimum Gasteiger partial charge on any atom is -0.390 e. The highest BCUT2D eigenvalue weighted by molar-refractivity contribution is 7.99. The monoisotopic (exact) mass is 562 g/mol. The standard InChI is InChI=1S/C25H28Cl2N6OS2/c1-24(2,34)15-13-33(14-15)22-21(26)17(3-6-28-22)35-20-12-29-19(11-30-20)32-7-4-25(5-8-32)9-16-18(10-25)36-23(27)31-16/h3,6,11-12,15,34H,4-5,7-10,13-14H2,1-2H3. The average molecular weight is 564 g/mol. The third-order valence-corrected chi connectivity index (χ3v) is 10.5. The molecule has 11 heteroatoms. The fourth-order valence-electron chi connectivity index (χ4n) is 5.40. The molecule has 0 bridgehead atoms. The maximum absolute atomic E-state index is 10.2. The maximum Gasteiger partial charge on any atom is 0.184 e. The number of hydrogen-bond donors (Lipinski definition) is 1. The molecule has 2 saturated heterocycles. The van der Waals surface area contributed by atoms with Crippen LogP contribution in [0.1, 0.15) is 37.3 Å². The predicted octanol–water partition coefficient (Wildman–Crippen LogP) is 5.38. The van der Waals surface area contributed by atoms with E-state index >= 15 is 0 Å². The molecule has 1 N–H and O–H groups in total. The summed E-state index contributed by atoms with van der Waals surface area (Å²) < 4.78 is 0.671. The van der Waals surface area contributed by atoms with Gasteiger partial charge in [-0.15, -0.1) is 11.3 Å². The number of hydrogen-bond acceptors (Lipinski definition) is 9. The summed E-state index contributed by atoms with van der Waals surface area (Å²) >= 11 is 16.0. The van der Waals surface area contributed by atoms with Gasteiger partial charge in [-0.2, -0.15) is 0 Å². The normalized spacial score (nSPS) is 19.6. The molecule has 6 rings (SSSR count). The van der Waals surface area contributed by atoms with Gasteiger partial charge in [0.05, 0.1) is 28.7 Å². The van der Waals surface area contributed by atoms with Crippen molar-refractivity contribution in [2.24, 2.45) is 11.3 Å². The zero-order valence-electron chi connectivity index (χ0n) is 20.2. The zero-order valence-corrected chi connectivity index (χ0v) is 23.4. The summed E-state index contributed by atoms with van der Waals surface area (Å²) in [7, 11) is 0. The van der Waals surface area contributed by atoms with Crippen LogP contribution >= 0.6 is 46.3 Å². The molecule has 190 valence electrons. The number of aromatic nitrogens is 4. The molecule has 0 radical (unpaired) electrons. The second-order valence-electron chi connectivity index (χ2n) is 10.7. The fourth-order valence-corrected chi connectivity index (χ4v) is 7.85. The van der Waals surface area contributed by atoms with Gasteiger partial charge in [-0.3, -0.25) is 0 Å². The molecule has 0 atom stereocenters. The van der Waals surface area contributed by atoms with Crippen LogP contribution in [0.25, 0.3) is 0 Å². The van der Waals surface area contributed by atoms with Crippen LogP contribution in [0.3, 0.4) is 0 Å². The molecule has 3 aliphatic rings. The van der Waals surface area contributed by atoms with E-state index in [0.29, 0.717) is 14.9 Å². The van der Waals surface area contributed by atoms with Gasteiger partial charge in [0.2, 0.25) is 0 Å². The molecule has 36 heavy (non-hydrogen) atoms. The smallest absolute Gasteiger partial charge is 0.184 e. The number of nitrogens with zero attached hydrogens (tertiary/aromatic N) is 6. The SMILES string of the molecule is CC(C)(O)C1CN(c2nccc(Sc3cnc(N4CCC5(CC4)Cc4nc(Cl)sc4C5)cn3)c2Cl)C1. The number of anilines is 2. The first kappa shape index (κ1) is 24.7. The van der Waals surface area contributed by atoms with Gasteiger partial charge in [0.1, 0.15) is 16.7 Å². The molecule has 3 aromatic heterocycles. The Bertz CT molecular complexity index is 1240. The van der Waals surface area contributed by atoms with Crippen molar-refractivity contribution >= 4 is 57.9 Å². The van der Waals surface area contributed by atoms with Gasteiger partial charge >= 0.3 is 0 Å². The molecular formula is C25H28Cl2N6OS2. The molecule has 7 nitrogen and oxygen atoms in total. The van der Waals surface area contributed by atoms with Crippen LogP contribution in [0.15, 0.2) is 34.6 Å². The van der Waals surface area contributed by atoms with Crippen LogP contribution in [0.2, 0.25) is 9.49 Å². The number of fused-ring (bicyclic) bond motifs is 1. The van der Waals surface area contributed by atoms with E-state index in [1.807, 2.05) is 32.3 Å². The predicted molar refractivity (Wildman–Crippen MR) is 146 cm³/mol. The van der Waals surface area contributed by atoms with Crippen LogP contribution in [0, 0.1) is 11.3 Å². The molecule has 0 unspecified atom stereocenters. The Morgan fingerprint density at radius 3 is 2.53 bits per heavy atom. The molecule has 0 amide bonds. The van der Waals surface area contributed by atoms with E-state index in [-0.39, 0.29) is 5.92 Å². The van der Waals surface area contributed by atoms with Gasteiger partial charge in [0.25, 0.3) is 0 Å². The minimum absolute atomic E-state index is 0.214. The van der Waals surface area contributed by atoms with Gasteiger partial charge in [0.15, 0.2) is 4.47 Å². The van der Waals surface area contributed by atoms with Crippen LogP contribution in [0.4, 0.5) is 11.6 Å². The highest BCUT2D eigenvalue weighted by atomic mass is 35.5. The lowest BCUT2D eigenvalue weighted by molar-refractivity contribution is 0.00438. The highest BCUT2D eigenvalue weighted by Gasteiger charge is 2.42. The van der Waals surface area contributed by atoms with Crippen LogP contribution in [-0.4, -0.2) is 56.8 Å². The van der Waals surface area contributed by atoms with Gasteiger partial charge in [-0.1, -0.05) is 35.0 Å². The van der Waals surface area contributed by atoms with Crippen molar-refractivity contribution in [2.45, 2.75) is 55.1 Å². The summed E-state index contributed by atoms with van der Waals surface area (Å²) in [6, 6.07) is 1.91. The lowest BCUT2D eigenvalue weighted by Gasteiger charge is -2.46. The Kier molecular flexibility index (Phi) is 6.36. The van der Waals surface area contributed by atoms with Gasteiger partial charge in [0, 0.05) is 48.1 Å². The summed E-state index contributed by atoms with van der Waals surface area (Å²) in [5.41, 5.74) is 0.846. The third-order valence-electron chi connectivity index (χ3n) is 7.82. The molecule has 2 aliphatic heterocycles. The Morgan fingerprint density at radius 2 is 1.86 bits per heavy atom. The van der Waals surface area contributed by atoms with Crippen molar-refractivity contribution in [1.82, 2.24) is 19.9 Å². The first-order chi connectivity index (χ1) is 17.2. The molecule has 0 aromatic carbocycles. The Hall–Kier alpha value is -1.65. The maximum atomic E-state index is 10.2. The van der Waals surface area contributed by atoms with Crippen molar-refractivity contribution in [2.75, 3.05) is 36.0 Å². The molecule has 5 heterocycles. The quantitative estimate of drug-likeness (QED) is 0.444. The summed E-state index contributed by atoms with van der Waals surface area (Å²) in [6.45, 7) is 7.14.